The summed E-state index contributed by atoms with van der Waals surface area (Å²) in [7, 11) is 1.73. The lowest BCUT2D eigenvalue weighted by Crippen LogP contribution is -2.22. The smallest absolute Gasteiger partial charge is 0.0948 e. The zero-order valence-electron chi connectivity index (χ0n) is 9.86. The van der Waals surface area contributed by atoms with Gasteiger partial charge < -0.3 is 15.0 Å². The van der Waals surface area contributed by atoms with E-state index in [1.807, 2.05) is 12.5 Å². The molecule has 86 valence electrons. The number of rotatable bonds is 6. The van der Waals surface area contributed by atoms with Gasteiger partial charge in [-0.05, 0) is 11.8 Å². The Morgan fingerprint density at radius 2 is 2.27 bits per heavy atom. The molecule has 0 radical (unpaired) electrons. The van der Waals surface area contributed by atoms with Crippen molar-refractivity contribution < 1.29 is 4.74 Å². The number of nitrogens with two attached hydrogens (primary N) is 1. The van der Waals surface area contributed by atoms with Crippen LogP contribution in [0.4, 0.5) is 0 Å². The van der Waals surface area contributed by atoms with Crippen molar-refractivity contribution in [3.63, 3.8) is 0 Å². The Hall–Kier alpha value is -0.870. The minimum atomic E-state index is 0.209. The van der Waals surface area contributed by atoms with Gasteiger partial charge in [0.1, 0.15) is 0 Å². The second-order valence-electron chi connectivity index (χ2n) is 4.62. The summed E-state index contributed by atoms with van der Waals surface area (Å²) in [6.07, 6.45) is 4.70. The molecule has 0 aromatic carbocycles. The van der Waals surface area contributed by atoms with Gasteiger partial charge in [-0.15, -0.1) is 0 Å². The summed E-state index contributed by atoms with van der Waals surface area (Å²) in [6, 6.07) is 0. The SMILES string of the molecule is COCCC(C)(C)Cn1cncc1CN. The number of ether oxygens (including phenoxy) is 1. The zero-order chi connectivity index (χ0) is 11.3. The Labute approximate surface area is 91.4 Å². The Bertz CT molecular complexity index is 294. The molecule has 0 saturated carbocycles. The van der Waals surface area contributed by atoms with Crippen LogP contribution in [0.25, 0.3) is 0 Å². The molecule has 1 aromatic heterocycles. The summed E-state index contributed by atoms with van der Waals surface area (Å²) in [4.78, 5) is 4.11. The molecule has 1 heterocycles. The van der Waals surface area contributed by atoms with Gasteiger partial charge in [0.15, 0.2) is 0 Å². The van der Waals surface area contributed by atoms with Crippen LogP contribution in [0.5, 0.6) is 0 Å². The average molecular weight is 211 g/mol. The lowest BCUT2D eigenvalue weighted by atomic mass is 9.89. The molecule has 0 fully saturated rings. The predicted octanol–water partition coefficient (Wildman–Crippen LogP) is 1.40. The molecule has 0 bridgehead atoms. The van der Waals surface area contributed by atoms with Crippen LogP contribution in [-0.4, -0.2) is 23.3 Å². The molecule has 0 aliphatic rings. The quantitative estimate of drug-likeness (QED) is 0.774. The van der Waals surface area contributed by atoms with E-state index in [-0.39, 0.29) is 5.41 Å². The maximum absolute atomic E-state index is 5.63. The molecular formula is C11H21N3O. The summed E-state index contributed by atoms with van der Waals surface area (Å²) >= 11 is 0. The minimum absolute atomic E-state index is 0.209. The zero-order valence-corrected chi connectivity index (χ0v) is 9.86. The molecule has 0 amide bonds. The molecule has 4 heteroatoms. The standard InChI is InChI=1S/C11H21N3O/c1-11(2,4-5-15-3)8-14-9-13-7-10(14)6-12/h7,9H,4-6,8,12H2,1-3H3. The van der Waals surface area contributed by atoms with E-state index in [9.17, 15) is 0 Å². The molecule has 0 spiro atoms. The third kappa shape index (κ3) is 3.64. The van der Waals surface area contributed by atoms with Crippen LogP contribution in [0.2, 0.25) is 0 Å². The van der Waals surface area contributed by atoms with Crippen molar-refractivity contribution in [3.05, 3.63) is 18.2 Å². The van der Waals surface area contributed by atoms with E-state index < -0.39 is 0 Å². The van der Waals surface area contributed by atoms with E-state index in [0.717, 1.165) is 25.3 Å². The molecule has 1 rings (SSSR count). The number of imidazole rings is 1. The highest BCUT2D eigenvalue weighted by Gasteiger charge is 2.19. The highest BCUT2D eigenvalue weighted by atomic mass is 16.5. The Balaban J connectivity index is 2.59. The van der Waals surface area contributed by atoms with E-state index in [0.29, 0.717) is 6.54 Å². The van der Waals surface area contributed by atoms with Crippen LogP contribution in [0.3, 0.4) is 0 Å². The molecule has 0 aliphatic heterocycles. The highest BCUT2D eigenvalue weighted by molar-refractivity contribution is 4.98. The Morgan fingerprint density at radius 1 is 1.53 bits per heavy atom. The van der Waals surface area contributed by atoms with Crippen molar-refractivity contribution in [2.45, 2.75) is 33.4 Å². The molecule has 0 atom stereocenters. The summed E-state index contributed by atoms with van der Waals surface area (Å²) in [5.41, 5.74) is 6.92. The maximum atomic E-state index is 5.63. The van der Waals surface area contributed by atoms with Gasteiger partial charge in [0, 0.05) is 33.0 Å². The molecule has 2 N–H and O–H groups in total. The fraction of sp³-hybridized carbons (Fsp3) is 0.727. The largest absolute Gasteiger partial charge is 0.385 e. The van der Waals surface area contributed by atoms with Crippen molar-refractivity contribution in [3.8, 4) is 0 Å². The average Bonchev–Trinajstić information content (AvgIpc) is 2.61. The third-order valence-electron chi connectivity index (χ3n) is 2.59. The molecule has 0 unspecified atom stereocenters. The van der Waals surface area contributed by atoms with Gasteiger partial charge in [0.25, 0.3) is 0 Å². The first-order chi connectivity index (χ1) is 7.09. The lowest BCUT2D eigenvalue weighted by Gasteiger charge is -2.25. The Morgan fingerprint density at radius 3 is 2.87 bits per heavy atom. The van der Waals surface area contributed by atoms with Gasteiger partial charge >= 0.3 is 0 Å². The molecular weight excluding hydrogens is 190 g/mol. The van der Waals surface area contributed by atoms with E-state index >= 15 is 0 Å². The van der Waals surface area contributed by atoms with Gasteiger partial charge in [-0.25, -0.2) is 4.98 Å². The molecule has 0 aliphatic carbocycles. The first-order valence-corrected chi connectivity index (χ1v) is 5.27. The fourth-order valence-corrected chi connectivity index (χ4v) is 1.58. The number of methoxy groups -OCH3 is 1. The van der Waals surface area contributed by atoms with Crippen LogP contribution in [-0.2, 0) is 17.8 Å². The monoisotopic (exact) mass is 211 g/mol. The van der Waals surface area contributed by atoms with Crippen LogP contribution in [0.15, 0.2) is 12.5 Å². The number of nitrogens with zero attached hydrogens (tertiary/aromatic N) is 2. The second kappa shape index (κ2) is 5.28. The molecule has 4 nitrogen and oxygen atoms in total. The summed E-state index contributed by atoms with van der Waals surface area (Å²) in [5.74, 6) is 0. The predicted molar refractivity (Wildman–Crippen MR) is 60.4 cm³/mol. The molecule has 0 saturated heterocycles. The molecule has 1 aromatic rings. The fourth-order valence-electron chi connectivity index (χ4n) is 1.58. The van der Waals surface area contributed by atoms with Gasteiger partial charge in [-0.1, -0.05) is 13.8 Å². The summed E-state index contributed by atoms with van der Waals surface area (Å²) in [5, 5.41) is 0. The lowest BCUT2D eigenvalue weighted by molar-refractivity contribution is 0.142. The number of aromatic nitrogens is 2. The summed E-state index contributed by atoms with van der Waals surface area (Å²) in [6.45, 7) is 6.72. The van der Waals surface area contributed by atoms with Crippen LogP contribution < -0.4 is 5.73 Å². The van der Waals surface area contributed by atoms with E-state index in [4.69, 9.17) is 10.5 Å². The normalized spacial score (nSPS) is 12.0. The highest BCUT2D eigenvalue weighted by Crippen LogP contribution is 2.23. The van der Waals surface area contributed by atoms with Crippen LogP contribution >= 0.6 is 0 Å². The van der Waals surface area contributed by atoms with Gasteiger partial charge in [0.2, 0.25) is 0 Å². The first-order valence-electron chi connectivity index (χ1n) is 5.27. The summed E-state index contributed by atoms with van der Waals surface area (Å²) < 4.78 is 7.22. The van der Waals surface area contributed by atoms with Crippen molar-refractivity contribution >= 4 is 0 Å². The van der Waals surface area contributed by atoms with Crippen molar-refractivity contribution in [2.24, 2.45) is 11.1 Å². The van der Waals surface area contributed by atoms with Gasteiger partial charge in [-0.3, -0.25) is 0 Å². The Kier molecular flexibility index (Phi) is 4.29. The van der Waals surface area contributed by atoms with E-state index in [1.165, 1.54) is 0 Å². The van der Waals surface area contributed by atoms with Gasteiger partial charge in [-0.2, -0.15) is 0 Å². The third-order valence-corrected chi connectivity index (χ3v) is 2.59. The van der Waals surface area contributed by atoms with Crippen LogP contribution in [0, 0.1) is 5.41 Å². The topological polar surface area (TPSA) is 53.1 Å². The minimum Gasteiger partial charge on any atom is -0.385 e. The van der Waals surface area contributed by atoms with Gasteiger partial charge in [0.05, 0.1) is 12.0 Å². The van der Waals surface area contributed by atoms with Crippen molar-refractivity contribution in [2.75, 3.05) is 13.7 Å². The van der Waals surface area contributed by atoms with Crippen molar-refractivity contribution in [1.82, 2.24) is 9.55 Å². The van der Waals surface area contributed by atoms with Crippen molar-refractivity contribution in [1.29, 1.82) is 0 Å². The first kappa shape index (κ1) is 12.2. The van der Waals surface area contributed by atoms with E-state index in [2.05, 4.69) is 23.4 Å². The van der Waals surface area contributed by atoms with E-state index in [1.54, 1.807) is 7.11 Å². The second-order valence-corrected chi connectivity index (χ2v) is 4.62. The number of hydrogen-bond acceptors (Lipinski definition) is 3. The number of hydrogen-bond donors (Lipinski definition) is 1. The molecule has 15 heavy (non-hydrogen) atoms. The van der Waals surface area contributed by atoms with Crippen LogP contribution in [0.1, 0.15) is 26.0 Å². The maximum Gasteiger partial charge on any atom is 0.0948 e.